The Kier molecular flexibility index (Phi) is 2.03. The average Bonchev–Trinajstić information content (AvgIpc) is 2.17. The monoisotopic (exact) mass is 194 g/mol. The molecule has 13 heavy (non-hydrogen) atoms. The van der Waals surface area contributed by atoms with Crippen LogP contribution in [-0.2, 0) is 11.1 Å². The quantitative estimate of drug-likeness (QED) is 0.693. The minimum absolute atomic E-state index is 0.109. The number of fused-ring (bicyclic) bond motifs is 1. The number of hydrogen-bond acceptors (Lipinski definition) is 3. The summed E-state index contributed by atoms with van der Waals surface area (Å²) in [5.41, 5.74) is 0. The Morgan fingerprint density at radius 1 is 1.31 bits per heavy atom. The zero-order chi connectivity index (χ0) is 9.26. The molecule has 1 aromatic heterocycles. The zero-order valence-electron chi connectivity index (χ0n) is 6.54. The van der Waals surface area contributed by atoms with Gasteiger partial charge in [-0.1, -0.05) is 24.3 Å². The van der Waals surface area contributed by atoms with E-state index in [0.717, 1.165) is 5.39 Å². The Morgan fingerprint density at radius 3 is 2.85 bits per heavy atom. The van der Waals surface area contributed by atoms with E-state index < -0.39 is 11.1 Å². The van der Waals surface area contributed by atoms with Gasteiger partial charge in [-0.3, -0.25) is 0 Å². The third-order valence-electron chi connectivity index (χ3n) is 1.70. The van der Waals surface area contributed by atoms with Crippen LogP contribution < -0.4 is 0 Å². The van der Waals surface area contributed by atoms with E-state index in [1.54, 1.807) is 18.3 Å². The number of aromatic nitrogens is 2. The van der Waals surface area contributed by atoms with Gasteiger partial charge >= 0.3 is 0 Å². The lowest BCUT2D eigenvalue weighted by Crippen LogP contribution is -1.96. The molecule has 4 nitrogen and oxygen atoms in total. The van der Waals surface area contributed by atoms with Gasteiger partial charge in [0, 0.05) is 10.8 Å². The van der Waals surface area contributed by atoms with E-state index in [4.69, 9.17) is 4.55 Å². The van der Waals surface area contributed by atoms with Gasteiger partial charge in [-0.25, -0.2) is 4.21 Å². The zero-order valence-corrected chi connectivity index (χ0v) is 7.36. The molecule has 0 aliphatic rings. The number of nitrogens with zero attached hydrogens (tertiary/aromatic N) is 2. The molecule has 1 unspecified atom stereocenters. The first-order valence-electron chi connectivity index (χ1n) is 3.60. The molecule has 1 N–H and O–H groups in total. The third-order valence-corrected chi connectivity index (χ3v) is 2.33. The molecule has 1 aromatic carbocycles. The Balaban J connectivity index is 2.83. The maximum absolute atomic E-state index is 10.8. The first kappa shape index (κ1) is 8.28. The molecule has 0 radical (unpaired) electrons. The molecule has 0 bridgehead atoms. The summed E-state index contributed by atoms with van der Waals surface area (Å²) in [6, 6.07) is 7.20. The summed E-state index contributed by atoms with van der Waals surface area (Å²) in [5.74, 6) is 0. The predicted molar refractivity (Wildman–Crippen MR) is 48.6 cm³/mol. The Labute approximate surface area is 76.9 Å². The summed E-state index contributed by atoms with van der Waals surface area (Å²) in [4.78, 5) is 0. The van der Waals surface area contributed by atoms with Crippen molar-refractivity contribution in [3.8, 4) is 0 Å². The molecule has 0 spiro atoms. The van der Waals surface area contributed by atoms with Crippen LogP contribution in [0.5, 0.6) is 0 Å². The predicted octanol–water partition coefficient (Wildman–Crippen LogP) is 1.21. The lowest BCUT2D eigenvalue weighted by molar-refractivity contribution is 0.560. The van der Waals surface area contributed by atoms with Crippen LogP contribution >= 0.6 is 0 Å². The first-order chi connectivity index (χ1) is 6.29. The van der Waals surface area contributed by atoms with Crippen molar-refractivity contribution in [2.24, 2.45) is 0 Å². The Hall–Kier alpha value is -1.33. The summed E-state index contributed by atoms with van der Waals surface area (Å²) < 4.78 is 19.7. The van der Waals surface area contributed by atoms with Gasteiger partial charge in [-0.2, -0.15) is 5.10 Å². The number of rotatable bonds is 1. The molecule has 1 heterocycles. The maximum Gasteiger partial charge on any atom is 0.208 e. The summed E-state index contributed by atoms with van der Waals surface area (Å²) in [7, 11) is 0. The number of hydrogen-bond donors (Lipinski definition) is 1. The molecule has 0 amide bonds. The Bertz CT molecular complexity index is 467. The highest BCUT2D eigenvalue weighted by atomic mass is 32.2. The molecule has 0 saturated carbocycles. The van der Waals surface area contributed by atoms with Gasteiger partial charge in [0.25, 0.3) is 0 Å². The van der Waals surface area contributed by atoms with Crippen molar-refractivity contribution in [3.05, 3.63) is 30.5 Å². The lowest BCUT2D eigenvalue weighted by atomic mass is 10.2. The van der Waals surface area contributed by atoms with Crippen molar-refractivity contribution >= 4 is 21.9 Å². The van der Waals surface area contributed by atoms with Crippen LogP contribution in [-0.4, -0.2) is 19.0 Å². The van der Waals surface area contributed by atoms with E-state index >= 15 is 0 Å². The van der Waals surface area contributed by atoms with Gasteiger partial charge in [0.15, 0.2) is 5.03 Å². The second-order valence-electron chi connectivity index (χ2n) is 2.49. The minimum atomic E-state index is -2.08. The van der Waals surface area contributed by atoms with Gasteiger partial charge in [0.05, 0.1) is 6.20 Å². The van der Waals surface area contributed by atoms with Crippen molar-refractivity contribution in [1.29, 1.82) is 0 Å². The smallest absolute Gasteiger partial charge is 0.208 e. The second kappa shape index (κ2) is 3.20. The topological polar surface area (TPSA) is 63.1 Å². The molecular weight excluding hydrogens is 188 g/mol. The molecule has 66 valence electrons. The first-order valence-corrected chi connectivity index (χ1v) is 4.71. The summed E-state index contributed by atoms with van der Waals surface area (Å²) in [6.07, 6.45) is 1.56. The minimum Gasteiger partial charge on any atom is -0.301 e. The largest absolute Gasteiger partial charge is 0.301 e. The van der Waals surface area contributed by atoms with Crippen molar-refractivity contribution in [2.45, 2.75) is 5.03 Å². The van der Waals surface area contributed by atoms with Crippen LogP contribution in [0.25, 0.3) is 10.8 Å². The van der Waals surface area contributed by atoms with E-state index in [2.05, 4.69) is 10.2 Å². The molecule has 2 aromatic rings. The molecule has 0 saturated heterocycles. The highest BCUT2D eigenvalue weighted by Gasteiger charge is 2.07. The van der Waals surface area contributed by atoms with Crippen LogP contribution in [0.4, 0.5) is 0 Å². The number of benzene rings is 1. The van der Waals surface area contributed by atoms with Crippen molar-refractivity contribution < 1.29 is 8.76 Å². The molecule has 2 rings (SSSR count). The third kappa shape index (κ3) is 1.43. The summed E-state index contributed by atoms with van der Waals surface area (Å²) in [6.45, 7) is 0. The molecule has 0 fully saturated rings. The standard InChI is InChI=1S/C8H6N2O2S/c11-13(12)8-7-4-2-1-3-6(7)5-9-10-8/h1-5H,(H,11,12). The van der Waals surface area contributed by atoms with Crippen molar-refractivity contribution in [1.82, 2.24) is 10.2 Å². The summed E-state index contributed by atoms with van der Waals surface area (Å²) >= 11 is -2.08. The highest BCUT2D eigenvalue weighted by Crippen LogP contribution is 2.16. The van der Waals surface area contributed by atoms with E-state index in [1.807, 2.05) is 12.1 Å². The van der Waals surface area contributed by atoms with Gasteiger partial charge in [-0.05, 0) is 0 Å². The van der Waals surface area contributed by atoms with Gasteiger partial charge in [0.2, 0.25) is 11.1 Å². The normalized spacial score (nSPS) is 13.0. The van der Waals surface area contributed by atoms with Crippen LogP contribution in [0.15, 0.2) is 35.5 Å². The van der Waals surface area contributed by atoms with Crippen LogP contribution in [0, 0.1) is 0 Å². The fourth-order valence-electron chi connectivity index (χ4n) is 1.13. The Morgan fingerprint density at radius 2 is 2.08 bits per heavy atom. The van der Waals surface area contributed by atoms with Gasteiger partial charge < -0.3 is 4.55 Å². The van der Waals surface area contributed by atoms with Gasteiger partial charge in [-0.15, -0.1) is 5.10 Å². The maximum atomic E-state index is 10.8. The average molecular weight is 194 g/mol. The molecule has 5 heteroatoms. The van der Waals surface area contributed by atoms with E-state index in [9.17, 15) is 4.21 Å². The molecular formula is C8H6N2O2S. The van der Waals surface area contributed by atoms with E-state index in [0.29, 0.717) is 5.39 Å². The van der Waals surface area contributed by atoms with Crippen LogP contribution in [0.2, 0.25) is 0 Å². The second-order valence-corrected chi connectivity index (χ2v) is 3.37. The van der Waals surface area contributed by atoms with Gasteiger partial charge in [0.1, 0.15) is 0 Å². The fourth-order valence-corrected chi connectivity index (χ4v) is 1.62. The highest BCUT2D eigenvalue weighted by molar-refractivity contribution is 7.79. The van der Waals surface area contributed by atoms with Crippen LogP contribution in [0.3, 0.4) is 0 Å². The van der Waals surface area contributed by atoms with Crippen LogP contribution in [0.1, 0.15) is 0 Å². The lowest BCUT2D eigenvalue weighted by Gasteiger charge is -1.98. The fraction of sp³-hybridized carbons (Fsp3) is 0. The van der Waals surface area contributed by atoms with E-state index in [1.165, 1.54) is 0 Å². The molecule has 0 aliphatic heterocycles. The molecule has 1 atom stereocenters. The summed E-state index contributed by atoms with van der Waals surface area (Å²) in [5, 5.41) is 8.83. The van der Waals surface area contributed by atoms with E-state index in [-0.39, 0.29) is 5.03 Å². The van der Waals surface area contributed by atoms with Crippen molar-refractivity contribution in [2.75, 3.05) is 0 Å². The molecule has 0 aliphatic carbocycles. The SMILES string of the molecule is O=S(O)c1nncc2ccccc12. The van der Waals surface area contributed by atoms with Crippen molar-refractivity contribution in [3.63, 3.8) is 0 Å².